The Balaban J connectivity index is 2.63. The Morgan fingerprint density at radius 2 is 2.06 bits per heavy atom. The SMILES string of the molecule is C=C(C)[C@@H](C[C@@H]1CC(=O)O1)O[Si](C)(C)C(C)(C)C. The van der Waals surface area contributed by atoms with Crippen LogP contribution in [0.2, 0.25) is 18.1 Å². The Bertz CT molecular complexity index is 333. The average Bonchev–Trinajstić information content (AvgIpc) is 2.11. The molecule has 3 nitrogen and oxygen atoms in total. The molecule has 1 fully saturated rings. The molecule has 104 valence electrons. The molecule has 4 heteroatoms. The van der Waals surface area contributed by atoms with E-state index in [2.05, 4.69) is 40.4 Å². The van der Waals surface area contributed by atoms with E-state index in [1.165, 1.54) is 0 Å². The van der Waals surface area contributed by atoms with E-state index in [1.54, 1.807) is 0 Å². The van der Waals surface area contributed by atoms with Gasteiger partial charge in [0.2, 0.25) is 0 Å². The molecule has 1 rings (SSSR count). The van der Waals surface area contributed by atoms with Gasteiger partial charge in [-0.1, -0.05) is 32.9 Å². The monoisotopic (exact) mass is 270 g/mol. The van der Waals surface area contributed by atoms with E-state index in [0.29, 0.717) is 6.42 Å². The van der Waals surface area contributed by atoms with E-state index in [1.807, 2.05) is 6.92 Å². The van der Waals surface area contributed by atoms with Gasteiger partial charge < -0.3 is 9.16 Å². The standard InChI is InChI=1S/C14H26O3Si/c1-10(2)12(8-11-9-13(15)16-11)17-18(6,7)14(3,4)5/h11-12H,1,8-9H2,2-7H3/t11-,12-/m1/s1. The molecule has 1 heterocycles. The number of rotatable bonds is 5. The van der Waals surface area contributed by atoms with Crippen LogP contribution in [0.25, 0.3) is 0 Å². The molecule has 0 unspecified atom stereocenters. The van der Waals surface area contributed by atoms with Crippen molar-refractivity contribution in [1.29, 1.82) is 0 Å². The number of carbonyl (C=O) groups excluding carboxylic acids is 1. The third-order valence-electron chi connectivity index (χ3n) is 3.96. The minimum Gasteiger partial charge on any atom is -0.462 e. The number of ether oxygens (including phenoxy) is 1. The van der Waals surface area contributed by atoms with E-state index >= 15 is 0 Å². The van der Waals surface area contributed by atoms with Crippen LogP contribution in [0.5, 0.6) is 0 Å². The summed E-state index contributed by atoms with van der Waals surface area (Å²) in [6.07, 6.45) is 1.28. The van der Waals surface area contributed by atoms with Gasteiger partial charge in [-0.15, -0.1) is 0 Å². The van der Waals surface area contributed by atoms with Crippen molar-refractivity contribution in [3.8, 4) is 0 Å². The maximum Gasteiger partial charge on any atom is 0.309 e. The highest BCUT2D eigenvalue weighted by molar-refractivity contribution is 6.74. The summed E-state index contributed by atoms with van der Waals surface area (Å²) < 4.78 is 11.4. The van der Waals surface area contributed by atoms with Gasteiger partial charge in [-0.25, -0.2) is 0 Å². The third kappa shape index (κ3) is 3.69. The van der Waals surface area contributed by atoms with Crippen molar-refractivity contribution < 1.29 is 14.0 Å². The number of hydrogen-bond donors (Lipinski definition) is 0. The zero-order valence-corrected chi connectivity index (χ0v) is 13.5. The first kappa shape index (κ1) is 15.4. The summed E-state index contributed by atoms with van der Waals surface area (Å²) in [5.74, 6) is -0.104. The van der Waals surface area contributed by atoms with Crippen molar-refractivity contribution in [2.24, 2.45) is 0 Å². The van der Waals surface area contributed by atoms with Crippen LogP contribution in [0.15, 0.2) is 12.2 Å². The highest BCUT2D eigenvalue weighted by Crippen LogP contribution is 2.39. The molecule has 1 aliphatic heterocycles. The van der Waals surface area contributed by atoms with Crippen molar-refractivity contribution in [1.82, 2.24) is 0 Å². The van der Waals surface area contributed by atoms with E-state index in [-0.39, 0.29) is 23.2 Å². The van der Waals surface area contributed by atoms with Gasteiger partial charge in [0.15, 0.2) is 8.32 Å². The number of cyclic esters (lactones) is 1. The van der Waals surface area contributed by atoms with Crippen LogP contribution in [-0.4, -0.2) is 26.5 Å². The smallest absolute Gasteiger partial charge is 0.309 e. The van der Waals surface area contributed by atoms with Crippen molar-refractivity contribution in [2.75, 3.05) is 0 Å². The summed E-state index contributed by atoms with van der Waals surface area (Å²) >= 11 is 0. The number of esters is 1. The molecule has 0 spiro atoms. The van der Waals surface area contributed by atoms with Gasteiger partial charge in [-0.2, -0.15) is 0 Å². The van der Waals surface area contributed by atoms with Gasteiger partial charge in [0.05, 0.1) is 12.5 Å². The highest BCUT2D eigenvalue weighted by atomic mass is 28.4. The van der Waals surface area contributed by atoms with Crippen molar-refractivity contribution >= 4 is 14.3 Å². The molecule has 18 heavy (non-hydrogen) atoms. The lowest BCUT2D eigenvalue weighted by Crippen LogP contribution is -2.46. The van der Waals surface area contributed by atoms with Gasteiger partial charge in [0.25, 0.3) is 0 Å². The molecule has 0 saturated carbocycles. The lowest BCUT2D eigenvalue weighted by Gasteiger charge is -2.41. The predicted octanol–water partition coefficient (Wildman–Crippen LogP) is 3.66. The summed E-state index contributed by atoms with van der Waals surface area (Å²) in [7, 11) is -1.80. The van der Waals surface area contributed by atoms with Crippen LogP contribution in [0, 0.1) is 0 Å². The molecule has 0 radical (unpaired) electrons. The second-order valence-electron chi connectivity index (χ2n) is 6.76. The first-order valence-electron chi connectivity index (χ1n) is 6.55. The Morgan fingerprint density at radius 1 is 1.56 bits per heavy atom. The fraction of sp³-hybridized carbons (Fsp3) is 0.786. The molecule has 0 aliphatic carbocycles. The van der Waals surface area contributed by atoms with Crippen LogP contribution >= 0.6 is 0 Å². The largest absolute Gasteiger partial charge is 0.462 e. The Hall–Kier alpha value is -0.613. The molecule has 0 N–H and O–H groups in total. The minimum atomic E-state index is -1.80. The van der Waals surface area contributed by atoms with Gasteiger partial charge in [0, 0.05) is 6.42 Å². The predicted molar refractivity (Wildman–Crippen MR) is 76.0 cm³/mol. The maximum absolute atomic E-state index is 10.8. The molecule has 0 bridgehead atoms. The number of hydrogen-bond acceptors (Lipinski definition) is 3. The summed E-state index contributed by atoms with van der Waals surface area (Å²) in [5, 5.41) is 0.178. The van der Waals surface area contributed by atoms with Crippen LogP contribution < -0.4 is 0 Å². The molecule has 0 aromatic rings. The number of carbonyl (C=O) groups is 1. The quantitative estimate of drug-likeness (QED) is 0.434. The third-order valence-corrected chi connectivity index (χ3v) is 8.45. The van der Waals surface area contributed by atoms with Crippen LogP contribution in [-0.2, 0) is 14.0 Å². The fourth-order valence-electron chi connectivity index (χ4n) is 1.61. The lowest BCUT2D eigenvalue weighted by molar-refractivity contribution is -0.171. The van der Waals surface area contributed by atoms with Gasteiger partial charge in [-0.05, 0) is 25.1 Å². The average molecular weight is 270 g/mol. The highest BCUT2D eigenvalue weighted by Gasteiger charge is 2.41. The van der Waals surface area contributed by atoms with Crippen LogP contribution in [0.3, 0.4) is 0 Å². The first-order valence-corrected chi connectivity index (χ1v) is 9.46. The first-order chi connectivity index (χ1) is 8.03. The van der Waals surface area contributed by atoms with Gasteiger partial charge in [0.1, 0.15) is 6.10 Å². The molecular formula is C14H26O3Si. The molecule has 1 saturated heterocycles. The topological polar surface area (TPSA) is 35.5 Å². The second kappa shape index (κ2) is 5.17. The van der Waals surface area contributed by atoms with Crippen LogP contribution in [0.1, 0.15) is 40.5 Å². The van der Waals surface area contributed by atoms with E-state index in [4.69, 9.17) is 9.16 Å². The normalized spacial score (nSPS) is 22.1. The molecule has 0 aromatic carbocycles. The minimum absolute atomic E-state index is 0.00370. The zero-order chi connectivity index (χ0) is 14.1. The Kier molecular flexibility index (Phi) is 4.44. The molecular weight excluding hydrogens is 244 g/mol. The van der Waals surface area contributed by atoms with E-state index in [9.17, 15) is 4.79 Å². The Morgan fingerprint density at radius 3 is 2.39 bits per heavy atom. The summed E-state index contributed by atoms with van der Waals surface area (Å²) in [6.45, 7) is 17.1. The van der Waals surface area contributed by atoms with E-state index in [0.717, 1.165) is 12.0 Å². The van der Waals surface area contributed by atoms with E-state index < -0.39 is 8.32 Å². The Labute approximate surface area is 112 Å². The summed E-state index contributed by atoms with van der Waals surface area (Å²) in [6, 6.07) is 0. The van der Waals surface area contributed by atoms with Crippen molar-refractivity contribution in [3.63, 3.8) is 0 Å². The van der Waals surface area contributed by atoms with Crippen molar-refractivity contribution in [2.45, 2.75) is 70.9 Å². The summed E-state index contributed by atoms with van der Waals surface area (Å²) in [4.78, 5) is 10.8. The molecule has 1 aliphatic rings. The van der Waals surface area contributed by atoms with Gasteiger partial charge >= 0.3 is 5.97 Å². The van der Waals surface area contributed by atoms with Gasteiger partial charge in [-0.3, -0.25) is 4.79 Å². The second-order valence-corrected chi connectivity index (χ2v) is 11.5. The lowest BCUT2D eigenvalue weighted by atomic mass is 10.0. The van der Waals surface area contributed by atoms with Crippen LogP contribution in [0.4, 0.5) is 0 Å². The molecule has 2 atom stereocenters. The molecule has 0 aromatic heterocycles. The van der Waals surface area contributed by atoms with Crippen molar-refractivity contribution in [3.05, 3.63) is 12.2 Å². The fourth-order valence-corrected chi connectivity index (χ4v) is 2.98. The zero-order valence-electron chi connectivity index (χ0n) is 12.5. The maximum atomic E-state index is 10.8. The summed E-state index contributed by atoms with van der Waals surface area (Å²) in [5.41, 5.74) is 1.02. The molecule has 0 amide bonds.